The average molecular weight is 1160 g/mol. The fourth-order valence-corrected chi connectivity index (χ4v) is 11.8. The first-order valence-corrected chi connectivity index (χ1v) is 29.0. The van der Waals surface area contributed by atoms with Crippen LogP contribution in [0, 0.1) is 46.4 Å². The molecule has 6 aromatic rings. The number of carbonyl (C=O) groups excluding carboxylic acids is 3. The molecule has 5 atom stereocenters. The number of aliphatic hydroxyl groups excluding tert-OH is 1. The number of nitrogens with one attached hydrogen (secondary N) is 3. The van der Waals surface area contributed by atoms with Crippen LogP contribution in [0.25, 0.3) is 44.1 Å². The van der Waals surface area contributed by atoms with Crippen LogP contribution in [0.5, 0.6) is 11.8 Å². The molecule has 1 aliphatic carbocycles. The number of nitrogens with zero attached hydrogens (tertiary/aromatic N) is 6. The highest BCUT2D eigenvalue weighted by atomic mass is 19.1. The summed E-state index contributed by atoms with van der Waals surface area (Å²) in [5.41, 5.74) is 1.13. The number of ether oxygens (including phenoxy) is 2. The average Bonchev–Trinajstić information content (AvgIpc) is 1.65. The lowest BCUT2D eigenvalue weighted by Gasteiger charge is -2.35. The Bertz CT molecular complexity index is 3330. The zero-order valence-corrected chi connectivity index (χ0v) is 48.3. The third-order valence-electron chi connectivity index (χ3n) is 16.5. The molecule has 4 aromatic carbocycles. The van der Waals surface area contributed by atoms with Crippen molar-refractivity contribution in [1.82, 2.24) is 40.7 Å². The van der Waals surface area contributed by atoms with Crippen molar-refractivity contribution in [3.8, 4) is 46.5 Å². The minimum absolute atomic E-state index is 0.0157. The standard InChI is InChI=1S/C38H42F2N6O3.C15H13F2NO.C11H20N2O3/c1-3-15-48-27-9-13-45(14-10-27)21-38(11-12-38)22-49-37-43-35-30(36(44-37)46-19-24-6-7-25(20-46)42-24)18-41-34(33(35)40)29-17-26(47)16-23-5-8-31(39)28(4-2)32(23)29;1-10(18-9-19)11-5-7-12(8-6-11)15-13(16)3-2-4-14(15)17;1-11(2,3)9(12-7-14)10(16)13-5-4-8(15)6-13/h2,5,8,16-18,24-25,27,42,47H,3,6-7,9-15,19-22H2,1H3;2-10H,1H3,(H,18,19);7-9,15H,4-6H2,1-3H3,(H,12,14)/t24-,25?;;/m0../s1. The summed E-state index contributed by atoms with van der Waals surface area (Å²) in [5, 5.41) is 30.0. The molecule has 446 valence electrons. The fourth-order valence-electron chi connectivity index (χ4n) is 11.8. The Morgan fingerprint density at radius 1 is 0.905 bits per heavy atom. The van der Waals surface area contributed by atoms with Crippen molar-refractivity contribution in [3.05, 3.63) is 107 Å². The van der Waals surface area contributed by atoms with Gasteiger partial charge in [-0.25, -0.2) is 17.6 Å². The number of aromatic hydroxyl groups is 1. The molecule has 0 spiro atoms. The highest BCUT2D eigenvalue weighted by Crippen LogP contribution is 2.47. The number of amides is 3. The second-order valence-corrected chi connectivity index (χ2v) is 23.9. The maximum absolute atomic E-state index is 16.9. The molecule has 4 unspecified atom stereocenters. The van der Waals surface area contributed by atoms with Crippen molar-refractivity contribution >= 4 is 46.2 Å². The first-order chi connectivity index (χ1) is 40.3. The van der Waals surface area contributed by atoms with Crippen molar-refractivity contribution in [2.24, 2.45) is 10.8 Å². The van der Waals surface area contributed by atoms with E-state index in [1.54, 1.807) is 35.4 Å². The largest absolute Gasteiger partial charge is 0.508 e. The van der Waals surface area contributed by atoms with Gasteiger partial charge in [0, 0.05) is 87.1 Å². The smallest absolute Gasteiger partial charge is 0.319 e. The molecule has 4 saturated heterocycles. The van der Waals surface area contributed by atoms with E-state index < -0.39 is 35.4 Å². The number of piperidine rings is 1. The number of hydrogen-bond donors (Lipinski definition) is 5. The Kier molecular flexibility index (Phi) is 19.4. The van der Waals surface area contributed by atoms with Crippen LogP contribution in [-0.2, 0) is 19.1 Å². The van der Waals surface area contributed by atoms with Crippen LogP contribution < -0.4 is 25.6 Å². The maximum atomic E-state index is 16.9. The predicted molar refractivity (Wildman–Crippen MR) is 314 cm³/mol. The van der Waals surface area contributed by atoms with E-state index in [0.717, 1.165) is 89.8 Å². The Hall–Kier alpha value is -7.44. The summed E-state index contributed by atoms with van der Waals surface area (Å²) in [4.78, 5) is 53.4. The highest BCUT2D eigenvalue weighted by Gasteiger charge is 2.46. The summed E-state index contributed by atoms with van der Waals surface area (Å²) in [6, 6.07) is 16.2. The van der Waals surface area contributed by atoms with Crippen LogP contribution in [0.4, 0.5) is 23.4 Å². The van der Waals surface area contributed by atoms with Crippen LogP contribution in [0.2, 0.25) is 0 Å². The molecule has 2 aromatic heterocycles. The summed E-state index contributed by atoms with van der Waals surface area (Å²) in [7, 11) is 0. The molecular weight excluding hydrogens is 1080 g/mol. The van der Waals surface area contributed by atoms with Crippen LogP contribution in [0.1, 0.15) is 103 Å². The summed E-state index contributed by atoms with van der Waals surface area (Å²) in [5.74, 6) is 0.256. The van der Waals surface area contributed by atoms with Crippen LogP contribution in [-0.4, -0.2) is 143 Å². The van der Waals surface area contributed by atoms with E-state index in [4.69, 9.17) is 20.9 Å². The molecule has 5 aliphatic rings. The molecule has 1 saturated carbocycles. The number of likely N-dealkylation sites (tertiary alicyclic amines) is 2. The number of rotatable bonds is 17. The molecule has 6 heterocycles. The number of benzene rings is 4. The Labute approximate surface area is 487 Å². The van der Waals surface area contributed by atoms with Crippen molar-refractivity contribution in [1.29, 1.82) is 0 Å². The quantitative estimate of drug-likeness (QED) is 0.0330. The maximum Gasteiger partial charge on any atom is 0.319 e. The Morgan fingerprint density at radius 3 is 2.20 bits per heavy atom. The van der Waals surface area contributed by atoms with Crippen molar-refractivity contribution in [3.63, 3.8) is 0 Å². The van der Waals surface area contributed by atoms with Crippen LogP contribution >= 0.6 is 0 Å². The lowest BCUT2D eigenvalue weighted by atomic mass is 9.86. The van der Waals surface area contributed by atoms with Gasteiger partial charge in [0.1, 0.15) is 46.3 Å². The number of halogens is 4. The highest BCUT2D eigenvalue weighted by molar-refractivity contribution is 6.03. The fraction of sp³-hybridized carbons (Fsp3) is 0.469. The van der Waals surface area contributed by atoms with E-state index in [2.05, 4.69) is 48.6 Å². The number of pyridine rings is 1. The third-order valence-corrected chi connectivity index (χ3v) is 16.5. The van der Waals surface area contributed by atoms with E-state index in [1.807, 2.05) is 27.7 Å². The zero-order chi connectivity index (χ0) is 59.9. The van der Waals surface area contributed by atoms with E-state index >= 15 is 4.39 Å². The second-order valence-electron chi connectivity index (χ2n) is 23.9. The number of phenols is 1. The molecule has 5 N–H and O–H groups in total. The number of terminal acetylenes is 1. The number of β-amino-alcohol motifs (C(OH)–C–C–N with tert-alkyl or cyclic N) is 1. The number of anilines is 1. The van der Waals surface area contributed by atoms with Gasteiger partial charge in [-0.2, -0.15) is 9.97 Å². The van der Waals surface area contributed by atoms with Crippen LogP contribution in [0.15, 0.2) is 72.9 Å². The number of fused-ring (bicyclic) bond motifs is 4. The molecular formula is C64H75F4N9O7. The minimum atomic E-state index is -0.711. The molecule has 3 amide bonds. The van der Waals surface area contributed by atoms with Gasteiger partial charge in [-0.05, 0) is 111 Å². The van der Waals surface area contributed by atoms with Gasteiger partial charge in [0.05, 0.1) is 41.4 Å². The Morgan fingerprint density at radius 2 is 1.60 bits per heavy atom. The number of piperazine rings is 1. The van der Waals surface area contributed by atoms with Gasteiger partial charge in [-0.1, -0.05) is 70.0 Å². The molecule has 5 fully saturated rings. The number of hydrogen-bond acceptors (Lipinski definition) is 13. The van der Waals surface area contributed by atoms with Crippen molar-refractivity contribution in [2.45, 2.75) is 122 Å². The van der Waals surface area contributed by atoms with E-state index in [0.29, 0.717) is 84.7 Å². The van der Waals surface area contributed by atoms with E-state index in [-0.39, 0.29) is 62.4 Å². The summed E-state index contributed by atoms with van der Waals surface area (Å²) in [6.07, 6.45) is 16.4. The molecule has 16 nitrogen and oxygen atoms in total. The first-order valence-electron chi connectivity index (χ1n) is 29.0. The van der Waals surface area contributed by atoms with Gasteiger partial charge in [0.25, 0.3) is 0 Å². The molecule has 11 rings (SSSR count). The van der Waals surface area contributed by atoms with Gasteiger partial charge >= 0.3 is 6.01 Å². The van der Waals surface area contributed by atoms with Crippen LogP contribution in [0.3, 0.4) is 0 Å². The predicted octanol–water partition coefficient (Wildman–Crippen LogP) is 8.98. The number of aromatic nitrogens is 3. The van der Waals surface area contributed by atoms with Gasteiger partial charge in [-0.3, -0.25) is 19.4 Å². The lowest BCUT2D eigenvalue weighted by Crippen LogP contribution is -2.52. The number of aliphatic hydroxyl groups is 1. The SMILES string of the molecule is C#Cc1c(F)ccc2cc(O)cc(-c3ncc4c(N5CC6CC[C@@H](C5)N6)nc(OCC5(CN6CCC(OCCC)CC6)CC5)nc4c3F)c12.CC(C)(C)C(NC=O)C(=O)N1CCC(O)C1.CC(NC=O)c1ccc(-c2c(F)cccc2F)cc1. The number of carbonyl (C=O) groups is 3. The topological polar surface area (TPSA) is 195 Å². The van der Waals surface area contributed by atoms with Crippen molar-refractivity contribution < 1.29 is 51.6 Å². The molecule has 20 heteroatoms. The van der Waals surface area contributed by atoms with Gasteiger partial charge in [0.15, 0.2) is 5.82 Å². The monoisotopic (exact) mass is 1160 g/mol. The molecule has 84 heavy (non-hydrogen) atoms. The van der Waals surface area contributed by atoms with E-state index in [9.17, 15) is 37.8 Å². The summed E-state index contributed by atoms with van der Waals surface area (Å²) >= 11 is 0. The zero-order valence-electron chi connectivity index (χ0n) is 48.3. The summed E-state index contributed by atoms with van der Waals surface area (Å²) in [6.45, 7) is 16.3. The second kappa shape index (κ2) is 26.6. The molecule has 2 bridgehead atoms. The van der Waals surface area contributed by atoms with Crippen molar-refractivity contribution in [2.75, 3.05) is 63.9 Å². The summed E-state index contributed by atoms with van der Waals surface area (Å²) < 4.78 is 71.3. The van der Waals surface area contributed by atoms with E-state index in [1.165, 1.54) is 42.5 Å². The minimum Gasteiger partial charge on any atom is -0.508 e. The van der Waals surface area contributed by atoms with Gasteiger partial charge in [0.2, 0.25) is 18.7 Å². The normalized spacial score (nSPS) is 20.0. The lowest BCUT2D eigenvalue weighted by molar-refractivity contribution is -0.137. The third kappa shape index (κ3) is 14.2. The molecule has 0 radical (unpaired) electrons. The number of phenolic OH excluding ortho intramolecular Hbond substituents is 1. The van der Waals surface area contributed by atoms with Gasteiger partial charge in [-0.15, -0.1) is 6.42 Å². The van der Waals surface area contributed by atoms with Gasteiger partial charge < -0.3 is 50.3 Å². The first kappa shape index (κ1) is 61.1. The Balaban J connectivity index is 0.000000197. The molecule has 4 aliphatic heterocycles.